The van der Waals surface area contributed by atoms with Gasteiger partial charge in [0.15, 0.2) is 11.7 Å². The van der Waals surface area contributed by atoms with Crippen molar-refractivity contribution in [3.8, 4) is 6.07 Å². The topological polar surface area (TPSA) is 101 Å². The molecule has 180 valence electrons. The van der Waals surface area contributed by atoms with Crippen LogP contribution in [0.1, 0.15) is 56.1 Å². The minimum Gasteiger partial charge on any atom is -0.368 e. The maximum Gasteiger partial charge on any atom is 0.416 e. The minimum absolute atomic E-state index is 0.0278. The molecule has 0 radical (unpaired) electrons. The molecule has 0 atom stereocenters. The summed E-state index contributed by atoms with van der Waals surface area (Å²) in [5, 5.41) is 20.2. The third-order valence-corrected chi connectivity index (χ3v) is 6.39. The molecule has 0 unspecified atom stereocenters. The molecule has 10 heteroatoms. The lowest BCUT2D eigenvalue weighted by molar-refractivity contribution is -0.137. The Labute approximate surface area is 191 Å². The molecule has 2 saturated carbocycles. The van der Waals surface area contributed by atoms with Crippen LogP contribution in [0.5, 0.6) is 0 Å². The number of benzene rings is 1. The Hall–Kier alpha value is -2.80. The molecule has 2 fully saturated rings. The molecule has 2 aliphatic carbocycles. The molecular formula is C23H30F4N6. The number of rotatable bonds is 9. The number of halogens is 4. The van der Waals surface area contributed by atoms with Crippen molar-refractivity contribution in [3.05, 3.63) is 47.0 Å². The quantitative estimate of drug-likeness (QED) is 0.141. The highest BCUT2D eigenvalue weighted by Crippen LogP contribution is 2.33. The highest BCUT2D eigenvalue weighted by molar-refractivity contribution is 5.94. The second kappa shape index (κ2) is 10.9. The summed E-state index contributed by atoms with van der Waals surface area (Å²) in [5.41, 5.74) is 2.13. The highest BCUT2D eigenvalue weighted by Gasteiger charge is 2.34. The van der Waals surface area contributed by atoms with Gasteiger partial charge in [-0.05, 0) is 68.1 Å². The molecule has 5 N–H and O–H groups in total. The largest absolute Gasteiger partial charge is 0.416 e. The van der Waals surface area contributed by atoms with Gasteiger partial charge in [0.1, 0.15) is 0 Å². The van der Waals surface area contributed by atoms with Gasteiger partial charge in [-0.25, -0.2) is 5.84 Å². The Morgan fingerprint density at radius 3 is 2.21 bits per heavy atom. The van der Waals surface area contributed by atoms with Gasteiger partial charge in [0.05, 0.1) is 11.6 Å². The first kappa shape index (κ1) is 24.8. The van der Waals surface area contributed by atoms with E-state index in [1.165, 1.54) is 12.1 Å². The number of alkyl halides is 3. The lowest BCUT2D eigenvalue weighted by Gasteiger charge is -2.28. The summed E-state index contributed by atoms with van der Waals surface area (Å²) in [6, 6.07) is 6.89. The molecule has 6 nitrogen and oxygen atoms in total. The van der Waals surface area contributed by atoms with Gasteiger partial charge in [-0.1, -0.05) is 12.1 Å². The van der Waals surface area contributed by atoms with Crippen LogP contribution < -0.4 is 16.6 Å². The SMILES string of the molecule is N#CCC1CCC(CN/C(NN)=C(\F)C(=N)N(Cc2ccc(C(F)(F)F)cc2)C2CC2)CC1. The average Bonchev–Trinajstić information content (AvgIpc) is 3.63. The fourth-order valence-electron chi connectivity index (χ4n) is 4.22. The van der Waals surface area contributed by atoms with Crippen molar-refractivity contribution in [2.24, 2.45) is 17.7 Å². The Kier molecular flexibility index (Phi) is 8.19. The molecule has 1 aromatic carbocycles. The van der Waals surface area contributed by atoms with Crippen LogP contribution in [0.3, 0.4) is 0 Å². The van der Waals surface area contributed by atoms with Crippen molar-refractivity contribution in [1.82, 2.24) is 15.6 Å². The van der Waals surface area contributed by atoms with Crippen LogP contribution in [0.4, 0.5) is 17.6 Å². The first-order valence-corrected chi connectivity index (χ1v) is 11.2. The monoisotopic (exact) mass is 466 g/mol. The molecule has 0 aromatic heterocycles. The van der Waals surface area contributed by atoms with Crippen LogP contribution in [0.15, 0.2) is 35.9 Å². The predicted octanol–water partition coefficient (Wildman–Crippen LogP) is 4.56. The Morgan fingerprint density at radius 1 is 1.09 bits per heavy atom. The molecule has 0 saturated heterocycles. The molecule has 0 bridgehead atoms. The normalized spacial score (nSPS) is 21.6. The van der Waals surface area contributed by atoms with Gasteiger partial charge >= 0.3 is 6.18 Å². The summed E-state index contributed by atoms with van der Waals surface area (Å²) in [5.74, 6) is 5.03. The molecule has 0 aliphatic heterocycles. The zero-order chi connectivity index (χ0) is 24.0. The Balaban J connectivity index is 1.62. The maximum atomic E-state index is 15.2. The van der Waals surface area contributed by atoms with Gasteiger partial charge in [0.25, 0.3) is 0 Å². The molecule has 0 heterocycles. The summed E-state index contributed by atoms with van der Waals surface area (Å²) in [6.45, 7) is 0.637. The molecule has 0 amide bonds. The molecule has 0 spiro atoms. The predicted molar refractivity (Wildman–Crippen MR) is 117 cm³/mol. The first-order valence-electron chi connectivity index (χ1n) is 11.2. The number of nitriles is 1. The van der Waals surface area contributed by atoms with E-state index in [1.54, 1.807) is 4.90 Å². The number of nitrogens with two attached hydrogens (primary N) is 1. The third kappa shape index (κ3) is 6.84. The third-order valence-electron chi connectivity index (χ3n) is 6.39. The van der Waals surface area contributed by atoms with Gasteiger partial charge in [-0.2, -0.15) is 22.8 Å². The lowest BCUT2D eigenvalue weighted by atomic mass is 9.81. The van der Waals surface area contributed by atoms with Crippen molar-refractivity contribution in [1.29, 1.82) is 10.7 Å². The van der Waals surface area contributed by atoms with Gasteiger partial charge in [0, 0.05) is 25.6 Å². The Bertz CT molecular complexity index is 878. The number of nitrogens with zero attached hydrogens (tertiary/aromatic N) is 2. The van der Waals surface area contributed by atoms with E-state index in [0.717, 1.165) is 50.7 Å². The van der Waals surface area contributed by atoms with Gasteiger partial charge < -0.3 is 15.6 Å². The van der Waals surface area contributed by atoms with Crippen LogP contribution in [-0.2, 0) is 12.7 Å². The lowest BCUT2D eigenvalue weighted by Crippen LogP contribution is -2.40. The number of hydrogen-bond acceptors (Lipinski definition) is 5. The molecule has 2 aliphatic rings. The van der Waals surface area contributed by atoms with Crippen molar-refractivity contribution < 1.29 is 17.6 Å². The number of nitrogens with one attached hydrogen (secondary N) is 3. The summed E-state index contributed by atoms with van der Waals surface area (Å²) < 4.78 is 53.6. The highest BCUT2D eigenvalue weighted by atomic mass is 19.4. The zero-order valence-electron chi connectivity index (χ0n) is 18.4. The van der Waals surface area contributed by atoms with Crippen LogP contribution >= 0.6 is 0 Å². The molecule has 33 heavy (non-hydrogen) atoms. The molecule has 3 rings (SSSR count). The zero-order valence-corrected chi connectivity index (χ0v) is 18.4. The molecular weight excluding hydrogens is 436 g/mol. The van der Waals surface area contributed by atoms with E-state index in [0.29, 0.717) is 30.4 Å². The average molecular weight is 467 g/mol. The number of hydrogen-bond donors (Lipinski definition) is 4. The van der Waals surface area contributed by atoms with Crippen LogP contribution in [0.25, 0.3) is 0 Å². The second-order valence-electron chi connectivity index (χ2n) is 8.87. The number of hydrazine groups is 1. The van der Waals surface area contributed by atoms with Gasteiger partial charge in [-0.3, -0.25) is 5.41 Å². The van der Waals surface area contributed by atoms with E-state index >= 15 is 4.39 Å². The van der Waals surface area contributed by atoms with Crippen molar-refractivity contribution in [2.45, 2.75) is 63.7 Å². The molecule has 1 aromatic rings. The summed E-state index contributed by atoms with van der Waals surface area (Å²) in [4.78, 5) is 1.56. The van der Waals surface area contributed by atoms with Gasteiger partial charge in [-0.15, -0.1) is 0 Å². The van der Waals surface area contributed by atoms with E-state index in [4.69, 9.17) is 16.5 Å². The van der Waals surface area contributed by atoms with E-state index in [1.807, 2.05) is 0 Å². The Morgan fingerprint density at radius 2 is 1.70 bits per heavy atom. The van der Waals surface area contributed by atoms with E-state index < -0.39 is 17.6 Å². The van der Waals surface area contributed by atoms with Gasteiger partial charge in [0.2, 0.25) is 5.83 Å². The van der Waals surface area contributed by atoms with Crippen molar-refractivity contribution in [2.75, 3.05) is 6.54 Å². The fraction of sp³-hybridized carbons (Fsp3) is 0.565. The van der Waals surface area contributed by atoms with E-state index in [9.17, 15) is 13.2 Å². The first-order chi connectivity index (χ1) is 15.7. The van der Waals surface area contributed by atoms with E-state index in [2.05, 4.69) is 16.8 Å². The smallest absolute Gasteiger partial charge is 0.368 e. The standard InChI is InChI=1S/C23H30F4N6/c24-20(22(32-30)31-13-16-3-1-15(2-4-16)11-12-28)21(29)33(19-9-10-19)14-17-5-7-18(8-6-17)23(25,26)27/h5-8,15-16,19,29,31-32H,1-4,9-11,13-14,30H2/b22-20+,29-21?. The summed E-state index contributed by atoms with van der Waals surface area (Å²) in [7, 11) is 0. The minimum atomic E-state index is -4.42. The van der Waals surface area contributed by atoms with Crippen LogP contribution in [0.2, 0.25) is 0 Å². The summed E-state index contributed by atoms with van der Waals surface area (Å²) >= 11 is 0. The van der Waals surface area contributed by atoms with Crippen molar-refractivity contribution in [3.63, 3.8) is 0 Å². The van der Waals surface area contributed by atoms with Crippen molar-refractivity contribution >= 4 is 5.84 Å². The second-order valence-corrected chi connectivity index (χ2v) is 8.87. The summed E-state index contributed by atoms with van der Waals surface area (Å²) in [6.07, 6.45) is 1.56. The number of amidine groups is 1. The van der Waals surface area contributed by atoms with Crippen LogP contribution in [0, 0.1) is 28.6 Å². The van der Waals surface area contributed by atoms with Crippen LogP contribution in [-0.4, -0.2) is 23.3 Å². The fourth-order valence-corrected chi connectivity index (χ4v) is 4.22. The van der Waals surface area contributed by atoms with E-state index in [-0.39, 0.29) is 24.2 Å². The maximum absolute atomic E-state index is 15.2.